The zero-order valence-corrected chi connectivity index (χ0v) is 14.2. The fourth-order valence-corrected chi connectivity index (χ4v) is 2.86. The van der Waals surface area contributed by atoms with Crippen molar-refractivity contribution in [3.8, 4) is 0 Å². The lowest BCUT2D eigenvalue weighted by Gasteiger charge is -2.27. The first-order valence-corrected chi connectivity index (χ1v) is 8.31. The van der Waals surface area contributed by atoms with Crippen LogP contribution in [0.2, 0.25) is 0 Å². The molecule has 5 heteroatoms. The number of carbonyl (C=O) groups is 1. The second-order valence-electron chi connectivity index (χ2n) is 6.22. The average Bonchev–Trinajstić information content (AvgIpc) is 2.54. The van der Waals surface area contributed by atoms with Gasteiger partial charge in [-0.05, 0) is 37.4 Å². The molecule has 1 aromatic rings. The van der Waals surface area contributed by atoms with Gasteiger partial charge in [-0.15, -0.1) is 0 Å². The van der Waals surface area contributed by atoms with Crippen molar-refractivity contribution in [3.05, 3.63) is 35.4 Å². The zero-order valence-electron chi connectivity index (χ0n) is 14.2. The van der Waals surface area contributed by atoms with Crippen LogP contribution >= 0.6 is 0 Å². The molecule has 23 heavy (non-hydrogen) atoms. The van der Waals surface area contributed by atoms with Crippen molar-refractivity contribution in [3.63, 3.8) is 0 Å². The van der Waals surface area contributed by atoms with E-state index in [1.54, 1.807) is 7.11 Å². The van der Waals surface area contributed by atoms with Crippen molar-refractivity contribution >= 4 is 5.91 Å². The number of ether oxygens (including phenoxy) is 2. The van der Waals surface area contributed by atoms with Crippen molar-refractivity contribution in [2.75, 3.05) is 33.9 Å². The van der Waals surface area contributed by atoms with E-state index in [2.05, 4.69) is 11.4 Å². The van der Waals surface area contributed by atoms with Crippen LogP contribution in [0.5, 0.6) is 0 Å². The summed E-state index contributed by atoms with van der Waals surface area (Å²) in [5, 5.41) is 2.97. The van der Waals surface area contributed by atoms with Gasteiger partial charge in [-0.1, -0.05) is 24.3 Å². The molecular weight excluding hydrogens is 292 g/mol. The van der Waals surface area contributed by atoms with Gasteiger partial charge in [-0.25, -0.2) is 0 Å². The third-order valence-electron chi connectivity index (χ3n) is 3.99. The molecule has 1 N–H and O–H groups in total. The van der Waals surface area contributed by atoms with Crippen LogP contribution in [0.1, 0.15) is 30.4 Å². The van der Waals surface area contributed by atoms with Crippen molar-refractivity contribution in [1.29, 1.82) is 0 Å². The quantitative estimate of drug-likeness (QED) is 0.795. The molecule has 1 aliphatic heterocycles. The van der Waals surface area contributed by atoms with Gasteiger partial charge in [-0.2, -0.15) is 0 Å². The van der Waals surface area contributed by atoms with E-state index in [-0.39, 0.29) is 12.0 Å². The van der Waals surface area contributed by atoms with Gasteiger partial charge in [0.2, 0.25) is 5.91 Å². The van der Waals surface area contributed by atoms with Gasteiger partial charge in [0.1, 0.15) is 0 Å². The lowest BCUT2D eigenvalue weighted by Crippen LogP contribution is -2.40. The summed E-state index contributed by atoms with van der Waals surface area (Å²) in [5.74, 6) is 0.0421. The Hall–Kier alpha value is -1.43. The Morgan fingerprint density at radius 2 is 2.22 bits per heavy atom. The Kier molecular flexibility index (Phi) is 7.52. The first-order valence-electron chi connectivity index (χ1n) is 8.31. The van der Waals surface area contributed by atoms with E-state index >= 15 is 0 Å². The summed E-state index contributed by atoms with van der Waals surface area (Å²) in [6.45, 7) is 3.20. The largest absolute Gasteiger partial charge is 0.380 e. The molecule has 5 nitrogen and oxygen atoms in total. The standard InChI is InChI=1S/C18H28N2O3/c1-20(12-17-8-3-4-9-23-17)13-18(21)19-11-15-6-5-7-16(10-15)14-22-2/h5-7,10,17H,3-4,8-9,11-14H2,1-2H3,(H,19,21). The van der Waals surface area contributed by atoms with E-state index in [1.165, 1.54) is 6.42 Å². The van der Waals surface area contributed by atoms with Gasteiger partial charge in [0.15, 0.2) is 0 Å². The predicted octanol–water partition coefficient (Wildman–Crippen LogP) is 1.95. The molecule has 1 saturated heterocycles. The number of rotatable bonds is 8. The molecule has 2 rings (SSSR count). The minimum absolute atomic E-state index is 0.0421. The molecule has 0 spiro atoms. The summed E-state index contributed by atoms with van der Waals surface area (Å²) < 4.78 is 10.8. The SMILES string of the molecule is COCc1cccc(CNC(=O)CN(C)CC2CCCCO2)c1. The molecule has 1 heterocycles. The van der Waals surface area contributed by atoms with Crippen molar-refractivity contribution in [1.82, 2.24) is 10.2 Å². The van der Waals surface area contributed by atoms with Crippen molar-refractivity contribution in [2.45, 2.75) is 38.5 Å². The number of amides is 1. The van der Waals surface area contributed by atoms with Crippen molar-refractivity contribution < 1.29 is 14.3 Å². The first kappa shape index (κ1) is 17.9. The highest BCUT2D eigenvalue weighted by atomic mass is 16.5. The van der Waals surface area contributed by atoms with Crippen LogP contribution in [0.15, 0.2) is 24.3 Å². The third kappa shape index (κ3) is 6.69. The summed E-state index contributed by atoms with van der Waals surface area (Å²) in [5.41, 5.74) is 2.21. The Balaban J connectivity index is 1.70. The Morgan fingerprint density at radius 3 is 2.96 bits per heavy atom. The number of nitrogens with one attached hydrogen (secondary N) is 1. The highest BCUT2D eigenvalue weighted by Crippen LogP contribution is 2.13. The fourth-order valence-electron chi connectivity index (χ4n) is 2.86. The number of carbonyl (C=O) groups excluding carboxylic acids is 1. The molecule has 1 amide bonds. The second-order valence-corrected chi connectivity index (χ2v) is 6.22. The molecule has 1 fully saturated rings. The second kappa shape index (κ2) is 9.65. The number of hydrogen-bond donors (Lipinski definition) is 1. The van der Waals surface area contributed by atoms with Crippen LogP contribution in [0.4, 0.5) is 0 Å². The Morgan fingerprint density at radius 1 is 1.39 bits per heavy atom. The highest BCUT2D eigenvalue weighted by molar-refractivity contribution is 5.77. The molecule has 0 bridgehead atoms. The number of nitrogens with zero attached hydrogens (tertiary/aromatic N) is 1. The van der Waals surface area contributed by atoms with Crippen LogP contribution in [-0.4, -0.2) is 50.8 Å². The van der Waals surface area contributed by atoms with Gasteiger partial charge < -0.3 is 14.8 Å². The molecule has 0 saturated carbocycles. The van der Waals surface area contributed by atoms with E-state index in [0.29, 0.717) is 19.7 Å². The number of benzene rings is 1. The molecule has 128 valence electrons. The van der Waals surface area contributed by atoms with E-state index in [0.717, 1.165) is 37.1 Å². The summed E-state index contributed by atoms with van der Waals surface area (Å²) in [7, 11) is 3.65. The first-order chi connectivity index (χ1) is 11.2. The number of likely N-dealkylation sites (N-methyl/N-ethyl adjacent to an activating group) is 1. The van der Waals surface area contributed by atoms with Crippen LogP contribution in [0.25, 0.3) is 0 Å². The topological polar surface area (TPSA) is 50.8 Å². The normalized spacial score (nSPS) is 18.1. The molecule has 1 aliphatic rings. The van der Waals surface area contributed by atoms with E-state index in [9.17, 15) is 4.79 Å². The van der Waals surface area contributed by atoms with Crippen LogP contribution < -0.4 is 5.32 Å². The van der Waals surface area contributed by atoms with Gasteiger partial charge in [-0.3, -0.25) is 9.69 Å². The van der Waals surface area contributed by atoms with Crippen LogP contribution in [0.3, 0.4) is 0 Å². The average molecular weight is 320 g/mol. The lowest BCUT2D eigenvalue weighted by atomic mass is 10.1. The summed E-state index contributed by atoms with van der Waals surface area (Å²) in [4.78, 5) is 14.1. The number of methoxy groups -OCH3 is 1. The van der Waals surface area contributed by atoms with E-state index < -0.39 is 0 Å². The summed E-state index contributed by atoms with van der Waals surface area (Å²) >= 11 is 0. The van der Waals surface area contributed by atoms with Crippen LogP contribution in [-0.2, 0) is 27.4 Å². The van der Waals surface area contributed by atoms with Gasteiger partial charge in [0.25, 0.3) is 0 Å². The molecule has 0 radical (unpaired) electrons. The molecule has 1 unspecified atom stereocenters. The van der Waals surface area contributed by atoms with Crippen LogP contribution in [0, 0.1) is 0 Å². The monoisotopic (exact) mass is 320 g/mol. The predicted molar refractivity (Wildman–Crippen MR) is 90.1 cm³/mol. The molecule has 1 atom stereocenters. The zero-order chi connectivity index (χ0) is 16.5. The smallest absolute Gasteiger partial charge is 0.234 e. The Labute approximate surface area is 139 Å². The molecule has 1 aromatic carbocycles. The molecular formula is C18H28N2O3. The maximum absolute atomic E-state index is 12.1. The minimum atomic E-state index is 0.0421. The van der Waals surface area contributed by atoms with Crippen molar-refractivity contribution in [2.24, 2.45) is 0 Å². The number of hydrogen-bond acceptors (Lipinski definition) is 4. The van der Waals surface area contributed by atoms with Gasteiger partial charge in [0, 0.05) is 26.8 Å². The van der Waals surface area contributed by atoms with E-state index in [4.69, 9.17) is 9.47 Å². The van der Waals surface area contributed by atoms with Gasteiger partial charge >= 0.3 is 0 Å². The maximum Gasteiger partial charge on any atom is 0.234 e. The highest BCUT2D eigenvalue weighted by Gasteiger charge is 2.17. The molecule has 0 aliphatic carbocycles. The van der Waals surface area contributed by atoms with E-state index in [1.807, 2.05) is 30.1 Å². The maximum atomic E-state index is 12.1. The summed E-state index contributed by atoms with van der Waals surface area (Å²) in [6, 6.07) is 8.08. The van der Waals surface area contributed by atoms with Gasteiger partial charge in [0.05, 0.1) is 19.3 Å². The third-order valence-corrected chi connectivity index (χ3v) is 3.99. The summed E-state index contributed by atoms with van der Waals surface area (Å²) in [6.07, 6.45) is 3.75. The minimum Gasteiger partial charge on any atom is -0.380 e. The molecule has 0 aromatic heterocycles. The lowest BCUT2D eigenvalue weighted by molar-refractivity contribution is -0.122. The Bertz CT molecular complexity index is 487. The fraction of sp³-hybridized carbons (Fsp3) is 0.611.